The van der Waals surface area contributed by atoms with Crippen molar-refractivity contribution in [2.75, 3.05) is 19.8 Å². The van der Waals surface area contributed by atoms with Gasteiger partial charge in [0.1, 0.15) is 6.61 Å². The zero-order chi connectivity index (χ0) is 13.6. The van der Waals surface area contributed by atoms with E-state index in [0.717, 1.165) is 25.0 Å². The highest BCUT2D eigenvalue weighted by molar-refractivity contribution is 5.67. The van der Waals surface area contributed by atoms with E-state index in [0.29, 0.717) is 13.2 Å². The van der Waals surface area contributed by atoms with Crippen LogP contribution in [0.1, 0.15) is 18.4 Å². The highest BCUT2D eigenvalue weighted by atomic mass is 16.5. The molecule has 0 saturated carbocycles. The standard InChI is InChI=1S/C14H20N2O3/c15-14(7-4-8-18-11-14)10-16-13(17)19-9-12-5-2-1-3-6-12/h1-3,5-6H,4,7-11,15H2,(H,16,17). The van der Waals surface area contributed by atoms with E-state index in [4.69, 9.17) is 15.2 Å². The maximum Gasteiger partial charge on any atom is 0.407 e. The maximum atomic E-state index is 11.6. The first-order valence-electron chi connectivity index (χ1n) is 6.49. The summed E-state index contributed by atoms with van der Waals surface area (Å²) in [4.78, 5) is 11.6. The second-order valence-electron chi connectivity index (χ2n) is 4.93. The second-order valence-corrected chi connectivity index (χ2v) is 4.93. The van der Waals surface area contributed by atoms with Gasteiger partial charge in [0.2, 0.25) is 0 Å². The van der Waals surface area contributed by atoms with Crippen molar-refractivity contribution in [3.8, 4) is 0 Å². The van der Waals surface area contributed by atoms with Crippen LogP contribution in [0.2, 0.25) is 0 Å². The van der Waals surface area contributed by atoms with E-state index in [1.807, 2.05) is 30.3 Å². The molecule has 19 heavy (non-hydrogen) atoms. The third-order valence-electron chi connectivity index (χ3n) is 3.15. The number of nitrogens with two attached hydrogens (primary N) is 1. The Morgan fingerprint density at radius 2 is 2.21 bits per heavy atom. The van der Waals surface area contributed by atoms with E-state index in [9.17, 15) is 4.79 Å². The fourth-order valence-corrected chi connectivity index (χ4v) is 2.04. The summed E-state index contributed by atoms with van der Waals surface area (Å²) in [6.07, 6.45) is 1.34. The van der Waals surface area contributed by atoms with Gasteiger partial charge in [-0.15, -0.1) is 0 Å². The zero-order valence-electron chi connectivity index (χ0n) is 10.9. The van der Waals surface area contributed by atoms with Crippen molar-refractivity contribution < 1.29 is 14.3 Å². The molecule has 0 radical (unpaired) electrons. The molecule has 1 saturated heterocycles. The third-order valence-corrected chi connectivity index (χ3v) is 3.15. The zero-order valence-corrected chi connectivity index (χ0v) is 10.9. The first-order valence-corrected chi connectivity index (χ1v) is 6.49. The van der Waals surface area contributed by atoms with E-state index >= 15 is 0 Å². The molecule has 0 spiro atoms. The van der Waals surface area contributed by atoms with Gasteiger partial charge in [-0.2, -0.15) is 0 Å². The van der Waals surface area contributed by atoms with Crippen LogP contribution in [-0.2, 0) is 16.1 Å². The summed E-state index contributed by atoms with van der Waals surface area (Å²) in [6, 6.07) is 9.56. The Balaban J connectivity index is 1.70. The molecule has 0 aromatic heterocycles. The predicted molar refractivity (Wildman–Crippen MR) is 71.6 cm³/mol. The SMILES string of the molecule is NC1(CNC(=O)OCc2ccccc2)CCCOC1. The maximum absolute atomic E-state index is 11.6. The molecule has 2 rings (SSSR count). The number of ether oxygens (including phenoxy) is 2. The van der Waals surface area contributed by atoms with Gasteiger partial charge < -0.3 is 20.5 Å². The fraction of sp³-hybridized carbons (Fsp3) is 0.500. The molecule has 1 aliphatic rings. The highest BCUT2D eigenvalue weighted by Crippen LogP contribution is 2.15. The van der Waals surface area contributed by atoms with E-state index in [-0.39, 0.29) is 6.61 Å². The molecule has 5 nitrogen and oxygen atoms in total. The summed E-state index contributed by atoms with van der Waals surface area (Å²) >= 11 is 0. The van der Waals surface area contributed by atoms with Gasteiger partial charge in [0.25, 0.3) is 0 Å². The molecular formula is C14H20N2O3. The average molecular weight is 264 g/mol. The Morgan fingerprint density at radius 1 is 1.42 bits per heavy atom. The molecule has 104 valence electrons. The van der Waals surface area contributed by atoms with Crippen LogP contribution in [0.4, 0.5) is 4.79 Å². The molecule has 0 aliphatic carbocycles. The Hall–Kier alpha value is -1.59. The summed E-state index contributed by atoms with van der Waals surface area (Å²) in [5.74, 6) is 0. The second kappa shape index (κ2) is 6.54. The van der Waals surface area contributed by atoms with Crippen molar-refractivity contribution >= 4 is 6.09 Å². The first-order chi connectivity index (χ1) is 9.18. The topological polar surface area (TPSA) is 73.6 Å². The molecule has 1 aliphatic heterocycles. The Morgan fingerprint density at radius 3 is 2.89 bits per heavy atom. The molecule has 5 heteroatoms. The van der Waals surface area contributed by atoms with Crippen molar-refractivity contribution in [1.29, 1.82) is 0 Å². The van der Waals surface area contributed by atoms with Crippen LogP contribution in [0.5, 0.6) is 0 Å². The molecule has 3 N–H and O–H groups in total. The van der Waals surface area contributed by atoms with Crippen molar-refractivity contribution in [2.45, 2.75) is 25.0 Å². The minimum Gasteiger partial charge on any atom is -0.445 e. The monoisotopic (exact) mass is 264 g/mol. The van der Waals surface area contributed by atoms with Crippen molar-refractivity contribution in [1.82, 2.24) is 5.32 Å². The van der Waals surface area contributed by atoms with Gasteiger partial charge in [0.15, 0.2) is 0 Å². The van der Waals surface area contributed by atoms with Crippen LogP contribution in [0, 0.1) is 0 Å². The normalized spacial score (nSPS) is 22.8. The summed E-state index contributed by atoms with van der Waals surface area (Å²) in [5.41, 5.74) is 6.61. The molecule has 1 heterocycles. The number of hydrogen-bond acceptors (Lipinski definition) is 4. The van der Waals surface area contributed by atoms with Crippen molar-refractivity contribution in [2.24, 2.45) is 5.73 Å². The van der Waals surface area contributed by atoms with E-state index in [1.165, 1.54) is 0 Å². The molecule has 1 unspecified atom stereocenters. The molecule has 1 aromatic rings. The number of carbonyl (C=O) groups is 1. The number of alkyl carbamates (subject to hydrolysis) is 1. The number of hydrogen-bond donors (Lipinski definition) is 2. The number of rotatable bonds is 4. The molecular weight excluding hydrogens is 244 g/mol. The van der Waals surface area contributed by atoms with Crippen LogP contribution in [-0.4, -0.2) is 31.4 Å². The largest absolute Gasteiger partial charge is 0.445 e. The summed E-state index contributed by atoms with van der Waals surface area (Å²) in [6.45, 7) is 1.87. The van der Waals surface area contributed by atoms with Crippen LogP contribution < -0.4 is 11.1 Å². The van der Waals surface area contributed by atoms with Gasteiger partial charge in [0.05, 0.1) is 12.1 Å². The first kappa shape index (κ1) is 13.8. The molecule has 1 fully saturated rings. The fourth-order valence-electron chi connectivity index (χ4n) is 2.04. The minimum absolute atomic E-state index is 0.265. The predicted octanol–water partition coefficient (Wildman–Crippen LogP) is 1.42. The average Bonchev–Trinajstić information content (AvgIpc) is 2.45. The molecule has 0 bridgehead atoms. The van der Waals surface area contributed by atoms with Gasteiger partial charge in [-0.05, 0) is 18.4 Å². The smallest absolute Gasteiger partial charge is 0.407 e. The van der Waals surface area contributed by atoms with Crippen LogP contribution in [0.3, 0.4) is 0 Å². The van der Waals surface area contributed by atoms with Crippen LogP contribution in [0.15, 0.2) is 30.3 Å². The van der Waals surface area contributed by atoms with Gasteiger partial charge in [-0.3, -0.25) is 0 Å². The van der Waals surface area contributed by atoms with E-state index in [1.54, 1.807) is 0 Å². The third kappa shape index (κ3) is 4.54. The lowest BCUT2D eigenvalue weighted by Gasteiger charge is -2.33. The van der Waals surface area contributed by atoms with E-state index in [2.05, 4.69) is 5.32 Å². The Kier molecular flexibility index (Phi) is 4.76. The summed E-state index contributed by atoms with van der Waals surface area (Å²) in [5, 5.41) is 2.70. The Bertz CT molecular complexity index is 402. The Labute approximate surface area is 113 Å². The highest BCUT2D eigenvalue weighted by Gasteiger charge is 2.28. The number of benzene rings is 1. The molecule has 1 aromatic carbocycles. The molecule has 1 amide bonds. The molecule has 1 atom stereocenters. The summed E-state index contributed by atoms with van der Waals surface area (Å²) < 4.78 is 10.4. The van der Waals surface area contributed by atoms with Gasteiger partial charge in [0, 0.05) is 13.2 Å². The van der Waals surface area contributed by atoms with Crippen LogP contribution in [0.25, 0.3) is 0 Å². The van der Waals surface area contributed by atoms with E-state index < -0.39 is 11.6 Å². The van der Waals surface area contributed by atoms with Crippen LogP contribution >= 0.6 is 0 Å². The summed E-state index contributed by atoms with van der Waals surface area (Å²) in [7, 11) is 0. The lowest BCUT2D eigenvalue weighted by Crippen LogP contribution is -2.55. The number of carbonyl (C=O) groups excluding carboxylic acids is 1. The minimum atomic E-state index is -0.468. The van der Waals surface area contributed by atoms with Crippen molar-refractivity contribution in [3.63, 3.8) is 0 Å². The van der Waals surface area contributed by atoms with Gasteiger partial charge >= 0.3 is 6.09 Å². The lowest BCUT2D eigenvalue weighted by atomic mass is 9.94. The lowest BCUT2D eigenvalue weighted by molar-refractivity contribution is 0.0373. The quantitative estimate of drug-likeness (QED) is 0.862. The number of amides is 1. The van der Waals surface area contributed by atoms with Gasteiger partial charge in [-0.1, -0.05) is 30.3 Å². The van der Waals surface area contributed by atoms with Gasteiger partial charge in [-0.25, -0.2) is 4.79 Å². The van der Waals surface area contributed by atoms with Crippen molar-refractivity contribution in [3.05, 3.63) is 35.9 Å². The number of nitrogens with one attached hydrogen (secondary N) is 1.